The van der Waals surface area contributed by atoms with Gasteiger partial charge in [0.1, 0.15) is 18.3 Å². The summed E-state index contributed by atoms with van der Waals surface area (Å²) in [5, 5.41) is 0. The molecule has 0 radical (unpaired) electrons. The lowest BCUT2D eigenvalue weighted by Gasteiger charge is -2.11. The molecule has 26 heavy (non-hydrogen) atoms. The molecule has 4 rings (SSSR count). The van der Waals surface area contributed by atoms with Crippen molar-refractivity contribution in [3.8, 4) is 17.3 Å². The normalized spacial score (nSPS) is 13.8. The van der Waals surface area contributed by atoms with Gasteiger partial charge in [-0.1, -0.05) is 18.6 Å². The van der Waals surface area contributed by atoms with Crippen LogP contribution >= 0.6 is 0 Å². The highest BCUT2D eigenvalue weighted by molar-refractivity contribution is 5.93. The van der Waals surface area contributed by atoms with Crippen LogP contribution in [-0.2, 0) is 12.8 Å². The molecule has 0 amide bonds. The smallest absolute Gasteiger partial charge is 0.247 e. The van der Waals surface area contributed by atoms with Gasteiger partial charge in [0.2, 0.25) is 5.89 Å². The number of nitrogens with zero attached hydrogens (tertiary/aromatic N) is 4. The van der Waals surface area contributed by atoms with Gasteiger partial charge in [-0.15, -0.1) is 0 Å². The summed E-state index contributed by atoms with van der Waals surface area (Å²) in [6.45, 7) is 4.11. The Bertz CT molecular complexity index is 1040. The second-order valence-electron chi connectivity index (χ2n) is 6.43. The number of fused-ring (bicyclic) bond motifs is 3. The molecule has 0 unspecified atom stereocenters. The van der Waals surface area contributed by atoms with E-state index in [0.29, 0.717) is 12.3 Å². The van der Waals surface area contributed by atoms with Crippen LogP contribution in [0.2, 0.25) is 0 Å². The first-order chi connectivity index (χ1) is 12.6. The maximum absolute atomic E-state index is 6.51. The number of aromatic nitrogens is 3. The summed E-state index contributed by atoms with van der Waals surface area (Å²) >= 11 is 0. The first-order valence-corrected chi connectivity index (χ1v) is 8.65. The van der Waals surface area contributed by atoms with E-state index in [9.17, 15) is 0 Å². The van der Waals surface area contributed by atoms with Gasteiger partial charge in [-0.3, -0.25) is 4.99 Å². The van der Waals surface area contributed by atoms with Crippen LogP contribution < -0.4 is 5.73 Å². The van der Waals surface area contributed by atoms with Crippen molar-refractivity contribution in [2.75, 3.05) is 7.05 Å². The molecule has 0 saturated heterocycles. The number of imidazole rings is 1. The number of oxazole rings is 1. The van der Waals surface area contributed by atoms with Gasteiger partial charge < -0.3 is 14.7 Å². The second kappa shape index (κ2) is 6.29. The Morgan fingerprint density at radius 3 is 2.96 bits per heavy atom. The zero-order chi connectivity index (χ0) is 18.3. The third-order valence-electron chi connectivity index (χ3n) is 4.67. The lowest BCUT2D eigenvalue weighted by Crippen LogP contribution is -2.05. The number of rotatable bonds is 3. The molecule has 0 spiro atoms. The van der Waals surface area contributed by atoms with Crippen molar-refractivity contribution in [3.05, 3.63) is 58.9 Å². The Labute approximate surface area is 152 Å². The Hall–Kier alpha value is -3.15. The van der Waals surface area contributed by atoms with Gasteiger partial charge >= 0.3 is 0 Å². The van der Waals surface area contributed by atoms with Crippen LogP contribution in [0.25, 0.3) is 23.0 Å². The number of hydrogen-bond donors (Lipinski definition) is 1. The summed E-state index contributed by atoms with van der Waals surface area (Å²) < 4.78 is 7.74. The molecule has 3 heterocycles. The predicted molar refractivity (Wildman–Crippen MR) is 102 cm³/mol. The topological polar surface area (TPSA) is 82.2 Å². The van der Waals surface area contributed by atoms with E-state index < -0.39 is 0 Å². The van der Waals surface area contributed by atoms with E-state index in [2.05, 4.69) is 44.7 Å². The van der Waals surface area contributed by atoms with Crippen LogP contribution in [0.3, 0.4) is 0 Å². The molecule has 2 N–H and O–H groups in total. The molecule has 3 aromatic rings. The zero-order valence-electron chi connectivity index (χ0n) is 15.2. The first kappa shape index (κ1) is 16.3. The van der Waals surface area contributed by atoms with Gasteiger partial charge in [-0.05, 0) is 31.1 Å². The largest absolute Gasteiger partial charge is 0.443 e. The number of nitrogens with two attached hydrogens (primary N) is 1. The summed E-state index contributed by atoms with van der Waals surface area (Å²) in [4.78, 5) is 13.3. The van der Waals surface area contributed by atoms with Gasteiger partial charge in [0.25, 0.3) is 0 Å². The van der Waals surface area contributed by atoms with E-state index in [-0.39, 0.29) is 0 Å². The average molecular weight is 347 g/mol. The van der Waals surface area contributed by atoms with Crippen molar-refractivity contribution in [2.45, 2.75) is 26.7 Å². The summed E-state index contributed by atoms with van der Waals surface area (Å²) in [5.41, 5.74) is 14.0. The minimum atomic E-state index is 0.539. The molecule has 1 aliphatic heterocycles. The van der Waals surface area contributed by atoms with Crippen molar-refractivity contribution >= 4 is 11.9 Å². The summed E-state index contributed by atoms with van der Waals surface area (Å²) in [7, 11) is 1.75. The highest BCUT2D eigenvalue weighted by Gasteiger charge is 2.25. The zero-order valence-corrected chi connectivity index (χ0v) is 15.2. The molecule has 0 fully saturated rings. The number of aryl methyl sites for hydroxylation is 2. The van der Waals surface area contributed by atoms with Crippen molar-refractivity contribution in [3.63, 3.8) is 0 Å². The highest BCUT2D eigenvalue weighted by atomic mass is 16.3. The maximum atomic E-state index is 6.51. The summed E-state index contributed by atoms with van der Waals surface area (Å²) in [6.07, 6.45) is 6.75. The van der Waals surface area contributed by atoms with Crippen LogP contribution in [0, 0.1) is 6.92 Å². The maximum Gasteiger partial charge on any atom is 0.247 e. The molecule has 0 atom stereocenters. The summed E-state index contributed by atoms with van der Waals surface area (Å²) in [6, 6.07) is 6.25. The highest BCUT2D eigenvalue weighted by Crippen LogP contribution is 2.33. The van der Waals surface area contributed by atoms with E-state index >= 15 is 0 Å². The van der Waals surface area contributed by atoms with E-state index in [0.717, 1.165) is 51.6 Å². The van der Waals surface area contributed by atoms with Gasteiger partial charge in [0.15, 0.2) is 0 Å². The molecular formula is C20H21N5O. The van der Waals surface area contributed by atoms with Crippen LogP contribution in [-0.4, -0.2) is 27.8 Å². The molecule has 0 saturated carbocycles. The average Bonchev–Trinajstić information content (AvgIpc) is 3.25. The quantitative estimate of drug-likeness (QED) is 0.737. The fourth-order valence-corrected chi connectivity index (χ4v) is 3.30. The molecule has 0 bridgehead atoms. The molecule has 2 aromatic heterocycles. The molecule has 6 heteroatoms. The van der Waals surface area contributed by atoms with E-state index in [1.807, 2.05) is 19.5 Å². The van der Waals surface area contributed by atoms with Gasteiger partial charge in [0, 0.05) is 30.9 Å². The Morgan fingerprint density at radius 2 is 2.23 bits per heavy atom. The number of benzene rings is 1. The number of allylic oxidation sites excluding steroid dienone is 1. The number of hydrogen-bond acceptors (Lipinski definition) is 5. The monoisotopic (exact) mass is 347 g/mol. The van der Waals surface area contributed by atoms with Crippen molar-refractivity contribution < 1.29 is 4.42 Å². The molecular weight excluding hydrogens is 326 g/mol. The molecule has 132 valence electrons. The van der Waals surface area contributed by atoms with E-state index in [1.54, 1.807) is 13.3 Å². The Balaban J connectivity index is 1.96. The minimum absolute atomic E-state index is 0.539. The van der Waals surface area contributed by atoms with Gasteiger partial charge in [0.05, 0.1) is 17.1 Å². The Morgan fingerprint density at radius 1 is 1.38 bits per heavy atom. The van der Waals surface area contributed by atoms with Crippen LogP contribution in [0.1, 0.15) is 29.4 Å². The van der Waals surface area contributed by atoms with Crippen LogP contribution in [0.4, 0.5) is 0 Å². The summed E-state index contributed by atoms with van der Waals surface area (Å²) in [5.74, 6) is 0.539. The van der Waals surface area contributed by atoms with E-state index in [4.69, 9.17) is 10.2 Å². The second-order valence-corrected chi connectivity index (χ2v) is 6.43. The standard InChI is InChI=1S/C20H21N5O/c1-4-14-10-26-20(24-14)19-17-8-13(9-22-3)18(21)15-7-12(2)5-6-16(15)25(17)11-23-19/h5-7,9-11H,4,8,21H2,1-3H3. The first-order valence-electron chi connectivity index (χ1n) is 8.65. The minimum Gasteiger partial charge on any atom is -0.443 e. The van der Waals surface area contributed by atoms with Crippen LogP contribution in [0.15, 0.2) is 45.8 Å². The lowest BCUT2D eigenvalue weighted by atomic mass is 10.0. The third-order valence-corrected chi connectivity index (χ3v) is 4.67. The van der Waals surface area contributed by atoms with Crippen molar-refractivity contribution in [2.24, 2.45) is 10.7 Å². The van der Waals surface area contributed by atoms with E-state index in [1.165, 1.54) is 0 Å². The fourth-order valence-electron chi connectivity index (χ4n) is 3.30. The Kier molecular flexibility index (Phi) is 3.95. The predicted octanol–water partition coefficient (Wildman–Crippen LogP) is 3.32. The van der Waals surface area contributed by atoms with Gasteiger partial charge in [-0.25, -0.2) is 9.97 Å². The van der Waals surface area contributed by atoms with Crippen molar-refractivity contribution in [1.82, 2.24) is 14.5 Å². The fraction of sp³-hybridized carbons (Fsp3) is 0.250. The molecule has 0 aliphatic carbocycles. The van der Waals surface area contributed by atoms with Crippen molar-refractivity contribution in [1.29, 1.82) is 0 Å². The number of aliphatic imine (C=N–C) groups is 1. The third kappa shape index (κ3) is 2.54. The van der Waals surface area contributed by atoms with Gasteiger partial charge in [-0.2, -0.15) is 0 Å². The SMILES string of the molecule is CCc1coc(-c2ncn3c2CC(C=NC)=C(N)c2cc(C)ccc2-3)n1. The lowest BCUT2D eigenvalue weighted by molar-refractivity contribution is 0.570. The van der Waals surface area contributed by atoms with Crippen LogP contribution in [0.5, 0.6) is 0 Å². The molecule has 6 nitrogen and oxygen atoms in total. The molecule has 1 aliphatic rings. The molecule has 1 aromatic carbocycles.